The highest BCUT2D eigenvalue weighted by Gasteiger charge is 2.28. The predicted octanol–water partition coefficient (Wildman–Crippen LogP) is 7.65. The van der Waals surface area contributed by atoms with Gasteiger partial charge in [-0.05, 0) is 48.4 Å². The van der Waals surface area contributed by atoms with E-state index >= 15 is 0 Å². The van der Waals surface area contributed by atoms with Crippen LogP contribution in [0.1, 0.15) is 18.4 Å². The summed E-state index contributed by atoms with van der Waals surface area (Å²) in [7, 11) is -0.192. The van der Waals surface area contributed by atoms with Gasteiger partial charge < -0.3 is 4.72 Å². The lowest BCUT2D eigenvalue weighted by atomic mass is 10.1. The Morgan fingerprint density at radius 1 is 0.724 bits per heavy atom. The number of hydrogen-bond acceptors (Lipinski definition) is 1. The van der Waals surface area contributed by atoms with E-state index in [1.165, 1.54) is 20.2 Å². The van der Waals surface area contributed by atoms with Crippen molar-refractivity contribution < 1.29 is 13.2 Å². The van der Waals surface area contributed by atoms with Crippen molar-refractivity contribution in [2.24, 2.45) is 0 Å². The Hall–Kier alpha value is -1.89. The number of rotatable bonds is 9. The lowest BCUT2D eigenvalue weighted by Crippen LogP contribution is -2.05. The molecule has 0 bridgehead atoms. The first-order valence-electron chi connectivity index (χ1n) is 9.38. The van der Waals surface area contributed by atoms with Crippen LogP contribution < -0.4 is 0 Å². The molecule has 0 saturated heterocycles. The van der Waals surface area contributed by atoms with Crippen molar-refractivity contribution in [3.05, 3.63) is 95.2 Å². The fourth-order valence-corrected chi connectivity index (χ4v) is 5.50. The van der Waals surface area contributed by atoms with Gasteiger partial charge in [-0.2, -0.15) is 25.1 Å². The second-order valence-corrected chi connectivity index (χ2v) is 9.36. The minimum atomic E-state index is -4.28. The van der Waals surface area contributed by atoms with Gasteiger partial charge in [0.2, 0.25) is 0 Å². The van der Waals surface area contributed by atoms with Crippen molar-refractivity contribution in [3.63, 3.8) is 0 Å². The minimum Gasteiger partial charge on any atom is -0.599 e. The highest BCUT2D eigenvalue weighted by Crippen LogP contribution is 2.34. The molecule has 0 aliphatic rings. The number of alkyl halides is 3. The maximum absolute atomic E-state index is 12.1. The number of nitrogens with zero attached hydrogens (tertiary/aromatic N) is 1. The molecule has 0 N–H and O–H groups in total. The zero-order chi connectivity index (χ0) is 20.5. The Morgan fingerprint density at radius 2 is 1.31 bits per heavy atom. The number of aryl methyl sites for hydroxylation is 1. The van der Waals surface area contributed by atoms with Crippen molar-refractivity contribution in [2.45, 2.75) is 39.5 Å². The van der Waals surface area contributed by atoms with Crippen molar-refractivity contribution in [1.82, 2.24) is 0 Å². The number of halogens is 3. The summed E-state index contributed by atoms with van der Waals surface area (Å²) >= 11 is -0.292. The molecule has 0 heterocycles. The number of unbranched alkanes of at least 4 members (excludes halogenated alkanes) is 1. The van der Waals surface area contributed by atoms with Crippen LogP contribution in [0.3, 0.4) is 0 Å². The van der Waals surface area contributed by atoms with Crippen LogP contribution in [-0.2, 0) is 17.3 Å². The quantitative estimate of drug-likeness (QED) is 0.192. The summed E-state index contributed by atoms with van der Waals surface area (Å²) in [5, 5.41) is 0. The maximum Gasteiger partial charge on any atom is 0.423 e. The van der Waals surface area contributed by atoms with Gasteiger partial charge in [0, 0.05) is 0 Å². The number of hydrogen-bond donors (Lipinski definition) is 0. The summed E-state index contributed by atoms with van der Waals surface area (Å²) in [5.74, 6) is 0. The normalized spacial score (nSPS) is 11.7. The van der Waals surface area contributed by atoms with E-state index in [0.717, 1.165) is 12.8 Å². The van der Waals surface area contributed by atoms with Gasteiger partial charge in [0.1, 0.15) is 0 Å². The number of benzene rings is 3. The largest absolute Gasteiger partial charge is 0.599 e. The SMILES string of the molecule is FC(F)(F)S[N-]CCCCc1cccc([S+](c2ccccc2)c2ccccc2)c1. The average Bonchev–Trinajstić information content (AvgIpc) is 2.72. The van der Waals surface area contributed by atoms with E-state index in [1.54, 1.807) is 0 Å². The van der Waals surface area contributed by atoms with Crippen molar-refractivity contribution in [2.75, 3.05) is 6.54 Å². The molecule has 152 valence electrons. The topological polar surface area (TPSA) is 14.1 Å². The lowest BCUT2D eigenvalue weighted by Gasteiger charge is -2.20. The molecule has 3 rings (SSSR count). The summed E-state index contributed by atoms with van der Waals surface area (Å²) in [6.45, 7) is 0.224. The predicted molar refractivity (Wildman–Crippen MR) is 116 cm³/mol. The molecule has 0 aromatic heterocycles. The highest BCUT2D eigenvalue weighted by atomic mass is 32.2. The van der Waals surface area contributed by atoms with Gasteiger partial charge in [-0.15, -0.1) is 6.54 Å². The molecule has 0 aliphatic heterocycles. The third kappa shape index (κ3) is 7.14. The zero-order valence-electron chi connectivity index (χ0n) is 15.8. The molecular formula is C23H22F3NS2. The van der Waals surface area contributed by atoms with Crippen LogP contribution in [0, 0.1) is 0 Å². The van der Waals surface area contributed by atoms with E-state index in [0.29, 0.717) is 6.42 Å². The summed E-state index contributed by atoms with van der Waals surface area (Å²) < 4.78 is 39.8. The Bertz CT molecular complexity index is 831. The molecule has 3 aromatic carbocycles. The fourth-order valence-electron chi connectivity index (χ4n) is 2.97. The molecule has 1 nitrogen and oxygen atoms in total. The van der Waals surface area contributed by atoms with Gasteiger partial charge in [0.05, 0.1) is 10.9 Å². The zero-order valence-corrected chi connectivity index (χ0v) is 17.4. The molecule has 0 unspecified atom stereocenters. The van der Waals surface area contributed by atoms with Crippen LogP contribution >= 0.6 is 11.9 Å². The summed E-state index contributed by atoms with van der Waals surface area (Å²) in [6.07, 6.45) is 2.30. The van der Waals surface area contributed by atoms with Crippen molar-refractivity contribution >= 4 is 22.8 Å². The van der Waals surface area contributed by atoms with Gasteiger partial charge in [0.25, 0.3) is 0 Å². The molecular weight excluding hydrogens is 411 g/mol. The molecule has 6 heteroatoms. The van der Waals surface area contributed by atoms with E-state index in [9.17, 15) is 13.2 Å². The maximum atomic E-state index is 12.1. The smallest absolute Gasteiger partial charge is 0.423 e. The Kier molecular flexibility index (Phi) is 8.09. The minimum absolute atomic E-state index is 0.192. The van der Waals surface area contributed by atoms with Crippen LogP contribution in [0.2, 0.25) is 0 Å². The third-order valence-corrected chi connectivity index (χ3v) is 6.96. The molecule has 29 heavy (non-hydrogen) atoms. The molecule has 0 fully saturated rings. The summed E-state index contributed by atoms with van der Waals surface area (Å²) in [6, 6.07) is 29.4. The first kappa shape index (κ1) is 21.8. The summed E-state index contributed by atoms with van der Waals surface area (Å²) in [4.78, 5) is 3.77. The summed E-state index contributed by atoms with van der Waals surface area (Å²) in [5.41, 5.74) is -3.07. The Labute approximate surface area is 177 Å². The van der Waals surface area contributed by atoms with Gasteiger partial charge in [-0.1, -0.05) is 61.4 Å². The third-order valence-electron chi connectivity index (χ3n) is 4.22. The fraction of sp³-hybridized carbons (Fsp3) is 0.217. The van der Waals surface area contributed by atoms with Crippen LogP contribution in [-0.4, -0.2) is 12.1 Å². The molecule has 0 aliphatic carbocycles. The van der Waals surface area contributed by atoms with Crippen LogP contribution in [0.15, 0.2) is 99.6 Å². The first-order chi connectivity index (χ1) is 14.0. The van der Waals surface area contributed by atoms with E-state index in [-0.39, 0.29) is 29.4 Å². The second-order valence-electron chi connectivity index (χ2n) is 6.43. The van der Waals surface area contributed by atoms with Gasteiger partial charge in [-0.25, -0.2) is 0 Å². The first-order valence-corrected chi connectivity index (χ1v) is 11.4. The highest BCUT2D eigenvalue weighted by molar-refractivity contribution is 8.02. The monoisotopic (exact) mass is 433 g/mol. The molecule has 3 aromatic rings. The molecule has 0 radical (unpaired) electrons. The van der Waals surface area contributed by atoms with Gasteiger partial charge >= 0.3 is 5.51 Å². The Morgan fingerprint density at radius 3 is 1.90 bits per heavy atom. The second kappa shape index (κ2) is 10.8. The van der Waals surface area contributed by atoms with E-state index < -0.39 is 5.51 Å². The van der Waals surface area contributed by atoms with Crippen molar-refractivity contribution in [1.29, 1.82) is 0 Å². The van der Waals surface area contributed by atoms with Gasteiger partial charge in [0.15, 0.2) is 14.7 Å². The van der Waals surface area contributed by atoms with Crippen molar-refractivity contribution in [3.8, 4) is 0 Å². The Balaban J connectivity index is 1.68. The van der Waals surface area contributed by atoms with Crippen LogP contribution in [0.4, 0.5) is 13.2 Å². The standard InChI is InChI=1S/C23H22F3NS2/c24-23(25,26)28-27-17-8-7-10-19-11-9-16-22(18-19)29(20-12-3-1-4-13-20)21-14-5-2-6-15-21/h1-6,9,11-16,18H,7-8,10,17H2. The molecule has 0 saturated carbocycles. The molecule has 0 amide bonds. The van der Waals surface area contributed by atoms with E-state index in [2.05, 4.69) is 77.5 Å². The molecule has 0 atom stereocenters. The van der Waals surface area contributed by atoms with Crippen LogP contribution in [0.25, 0.3) is 4.72 Å². The van der Waals surface area contributed by atoms with Gasteiger partial charge in [-0.3, -0.25) is 0 Å². The van der Waals surface area contributed by atoms with E-state index in [4.69, 9.17) is 0 Å². The van der Waals surface area contributed by atoms with E-state index in [1.807, 2.05) is 12.1 Å². The average molecular weight is 434 g/mol. The lowest BCUT2D eigenvalue weighted by molar-refractivity contribution is -0.0322. The van der Waals surface area contributed by atoms with Crippen LogP contribution in [0.5, 0.6) is 0 Å². The molecule has 0 spiro atoms.